The van der Waals surface area contributed by atoms with E-state index in [2.05, 4.69) is 12.2 Å². The molecule has 0 bridgehead atoms. The summed E-state index contributed by atoms with van der Waals surface area (Å²) in [6.07, 6.45) is 4.69. The zero-order valence-electron chi connectivity index (χ0n) is 9.89. The Morgan fingerprint density at radius 2 is 2.00 bits per heavy atom. The van der Waals surface area contributed by atoms with Gasteiger partial charge in [-0.3, -0.25) is 4.79 Å². The summed E-state index contributed by atoms with van der Waals surface area (Å²) in [6.45, 7) is 6.22. The van der Waals surface area contributed by atoms with Crippen LogP contribution in [0.4, 0.5) is 0 Å². The van der Waals surface area contributed by atoms with Gasteiger partial charge in [-0.25, -0.2) is 0 Å². The molecule has 2 atom stereocenters. The molecule has 0 radical (unpaired) electrons. The SMILES string of the molecule is CNC(C)(C)C(=O)C1CCCC(C)C1. The summed E-state index contributed by atoms with van der Waals surface area (Å²) in [7, 11) is 1.87. The maximum atomic E-state index is 12.1. The van der Waals surface area contributed by atoms with E-state index in [9.17, 15) is 4.79 Å². The molecular formula is C12H23NO. The Balaban J connectivity index is 2.60. The molecule has 1 aliphatic rings. The highest BCUT2D eigenvalue weighted by atomic mass is 16.1. The van der Waals surface area contributed by atoms with Crippen molar-refractivity contribution in [3.8, 4) is 0 Å². The van der Waals surface area contributed by atoms with Crippen LogP contribution in [-0.4, -0.2) is 18.4 Å². The fourth-order valence-corrected chi connectivity index (χ4v) is 2.31. The number of ketones is 1. The van der Waals surface area contributed by atoms with Crippen molar-refractivity contribution in [2.75, 3.05) is 7.05 Å². The third kappa shape index (κ3) is 2.57. The molecule has 0 heterocycles. The van der Waals surface area contributed by atoms with E-state index < -0.39 is 0 Å². The summed E-state index contributed by atoms with van der Waals surface area (Å²) in [5.41, 5.74) is -0.346. The van der Waals surface area contributed by atoms with Gasteiger partial charge in [-0.2, -0.15) is 0 Å². The Labute approximate surface area is 87.5 Å². The lowest BCUT2D eigenvalue weighted by molar-refractivity contribution is -0.129. The van der Waals surface area contributed by atoms with Gasteiger partial charge >= 0.3 is 0 Å². The first-order valence-corrected chi connectivity index (χ1v) is 5.70. The van der Waals surface area contributed by atoms with E-state index in [1.54, 1.807) is 0 Å². The molecule has 1 N–H and O–H groups in total. The summed E-state index contributed by atoms with van der Waals surface area (Å²) in [4.78, 5) is 12.1. The highest BCUT2D eigenvalue weighted by molar-refractivity contribution is 5.89. The van der Waals surface area contributed by atoms with Crippen molar-refractivity contribution >= 4 is 5.78 Å². The van der Waals surface area contributed by atoms with Crippen LogP contribution in [0, 0.1) is 11.8 Å². The van der Waals surface area contributed by atoms with Gasteiger partial charge in [0.05, 0.1) is 5.54 Å². The molecule has 0 aromatic rings. The van der Waals surface area contributed by atoms with Gasteiger partial charge in [-0.05, 0) is 39.7 Å². The molecule has 82 valence electrons. The first kappa shape index (κ1) is 11.7. The van der Waals surface area contributed by atoms with Gasteiger partial charge in [0, 0.05) is 5.92 Å². The minimum atomic E-state index is -0.346. The van der Waals surface area contributed by atoms with Crippen molar-refractivity contribution in [3.05, 3.63) is 0 Å². The van der Waals surface area contributed by atoms with Crippen LogP contribution >= 0.6 is 0 Å². The molecular weight excluding hydrogens is 174 g/mol. The molecule has 1 aliphatic carbocycles. The van der Waals surface area contributed by atoms with Crippen molar-refractivity contribution in [3.63, 3.8) is 0 Å². The number of carbonyl (C=O) groups excluding carboxylic acids is 1. The van der Waals surface area contributed by atoms with Crippen LogP contribution < -0.4 is 5.32 Å². The molecule has 14 heavy (non-hydrogen) atoms. The molecule has 0 saturated heterocycles. The Morgan fingerprint density at radius 1 is 1.36 bits per heavy atom. The van der Waals surface area contributed by atoms with Gasteiger partial charge in [0.2, 0.25) is 0 Å². The third-order valence-electron chi connectivity index (χ3n) is 3.55. The predicted molar refractivity (Wildman–Crippen MR) is 59.3 cm³/mol. The van der Waals surface area contributed by atoms with Crippen molar-refractivity contribution in [1.29, 1.82) is 0 Å². The monoisotopic (exact) mass is 197 g/mol. The highest BCUT2D eigenvalue weighted by Crippen LogP contribution is 2.31. The van der Waals surface area contributed by atoms with E-state index in [4.69, 9.17) is 0 Å². The van der Waals surface area contributed by atoms with E-state index >= 15 is 0 Å². The van der Waals surface area contributed by atoms with Gasteiger partial charge in [-0.15, -0.1) is 0 Å². The topological polar surface area (TPSA) is 29.1 Å². The van der Waals surface area contributed by atoms with Crippen LogP contribution in [0.3, 0.4) is 0 Å². The van der Waals surface area contributed by atoms with Crippen molar-refractivity contribution < 1.29 is 4.79 Å². The smallest absolute Gasteiger partial charge is 0.155 e. The number of Topliss-reactive ketones (excluding diaryl/α,β-unsaturated/α-hetero) is 1. The number of nitrogens with one attached hydrogen (secondary N) is 1. The van der Waals surface area contributed by atoms with Gasteiger partial charge < -0.3 is 5.32 Å². The quantitative estimate of drug-likeness (QED) is 0.752. The summed E-state index contributed by atoms with van der Waals surface area (Å²) >= 11 is 0. The largest absolute Gasteiger partial charge is 0.308 e. The van der Waals surface area contributed by atoms with E-state index in [1.165, 1.54) is 12.8 Å². The summed E-state index contributed by atoms with van der Waals surface area (Å²) in [5, 5.41) is 3.10. The second kappa shape index (κ2) is 4.43. The lowest BCUT2D eigenvalue weighted by atomic mass is 9.76. The average molecular weight is 197 g/mol. The van der Waals surface area contributed by atoms with E-state index in [1.807, 2.05) is 20.9 Å². The number of hydrogen-bond acceptors (Lipinski definition) is 2. The molecule has 1 fully saturated rings. The minimum absolute atomic E-state index is 0.293. The van der Waals surface area contributed by atoms with E-state index in [-0.39, 0.29) is 5.54 Å². The van der Waals surface area contributed by atoms with E-state index in [0.717, 1.165) is 18.8 Å². The van der Waals surface area contributed by atoms with Crippen molar-refractivity contribution in [1.82, 2.24) is 5.32 Å². The molecule has 2 nitrogen and oxygen atoms in total. The normalized spacial score (nSPS) is 28.9. The summed E-state index contributed by atoms with van der Waals surface area (Å²) in [5.74, 6) is 1.41. The van der Waals surface area contributed by atoms with Crippen molar-refractivity contribution in [2.24, 2.45) is 11.8 Å². The predicted octanol–water partition coefficient (Wildman–Crippen LogP) is 2.38. The molecule has 0 amide bonds. The highest BCUT2D eigenvalue weighted by Gasteiger charge is 2.34. The van der Waals surface area contributed by atoms with Crippen LogP contribution in [0.1, 0.15) is 46.5 Å². The van der Waals surface area contributed by atoms with E-state index in [0.29, 0.717) is 11.7 Å². The number of hydrogen-bond donors (Lipinski definition) is 1. The Hall–Kier alpha value is -0.370. The molecule has 0 aromatic carbocycles. The van der Waals surface area contributed by atoms with Crippen LogP contribution in [-0.2, 0) is 4.79 Å². The molecule has 0 spiro atoms. The lowest BCUT2D eigenvalue weighted by Gasteiger charge is -2.32. The Bertz CT molecular complexity index is 210. The van der Waals surface area contributed by atoms with Crippen LogP contribution in [0.2, 0.25) is 0 Å². The number of rotatable bonds is 3. The van der Waals surface area contributed by atoms with Crippen LogP contribution in [0.5, 0.6) is 0 Å². The summed E-state index contributed by atoms with van der Waals surface area (Å²) in [6, 6.07) is 0. The molecule has 1 saturated carbocycles. The molecule has 0 aliphatic heterocycles. The molecule has 2 heteroatoms. The van der Waals surface area contributed by atoms with Gasteiger partial charge in [0.15, 0.2) is 5.78 Å². The Morgan fingerprint density at radius 3 is 2.50 bits per heavy atom. The van der Waals surface area contributed by atoms with Gasteiger partial charge in [0.1, 0.15) is 0 Å². The van der Waals surface area contributed by atoms with Crippen molar-refractivity contribution in [2.45, 2.75) is 52.0 Å². The first-order chi connectivity index (χ1) is 6.47. The standard InChI is InChI=1S/C12H23NO/c1-9-6-5-7-10(8-9)11(14)12(2,3)13-4/h9-10,13H,5-8H2,1-4H3. The van der Waals surface area contributed by atoms with Crippen LogP contribution in [0.25, 0.3) is 0 Å². The fraction of sp³-hybridized carbons (Fsp3) is 0.917. The maximum absolute atomic E-state index is 12.1. The summed E-state index contributed by atoms with van der Waals surface area (Å²) < 4.78 is 0. The maximum Gasteiger partial charge on any atom is 0.155 e. The first-order valence-electron chi connectivity index (χ1n) is 5.70. The zero-order chi connectivity index (χ0) is 10.8. The van der Waals surface area contributed by atoms with Gasteiger partial charge in [-0.1, -0.05) is 19.8 Å². The lowest BCUT2D eigenvalue weighted by Crippen LogP contribution is -2.48. The molecule has 0 aromatic heterocycles. The molecule has 2 unspecified atom stereocenters. The Kier molecular flexibility index (Phi) is 3.71. The molecule has 1 rings (SSSR count). The third-order valence-corrected chi connectivity index (χ3v) is 3.55. The number of carbonyl (C=O) groups is 1. The second-order valence-corrected chi connectivity index (χ2v) is 5.21. The van der Waals surface area contributed by atoms with Crippen LogP contribution in [0.15, 0.2) is 0 Å². The average Bonchev–Trinajstić information content (AvgIpc) is 2.16. The minimum Gasteiger partial charge on any atom is -0.308 e. The second-order valence-electron chi connectivity index (χ2n) is 5.21. The zero-order valence-corrected chi connectivity index (χ0v) is 9.89. The fourth-order valence-electron chi connectivity index (χ4n) is 2.31. The van der Waals surface area contributed by atoms with Gasteiger partial charge in [0.25, 0.3) is 0 Å². The number of likely N-dealkylation sites (N-methyl/N-ethyl adjacent to an activating group) is 1.